The van der Waals surface area contributed by atoms with Gasteiger partial charge in [0, 0.05) is 36.3 Å². The molecule has 0 radical (unpaired) electrons. The molecule has 3 heterocycles. The molecule has 0 amide bonds. The number of hydrogen-bond acceptors (Lipinski definition) is 7. The van der Waals surface area contributed by atoms with Gasteiger partial charge in [-0.15, -0.1) is 0 Å². The number of nitrogens with one attached hydrogen (secondary N) is 1. The van der Waals surface area contributed by atoms with Crippen LogP contribution in [0.4, 0.5) is 21.7 Å². The molecule has 5 aromatic rings. The van der Waals surface area contributed by atoms with Gasteiger partial charge in [0.2, 0.25) is 5.95 Å². The fourth-order valence-corrected chi connectivity index (χ4v) is 3.84. The highest BCUT2D eigenvalue weighted by atomic mass is 19.1. The monoisotopic (exact) mass is 483 g/mol. The Labute approximate surface area is 208 Å². The summed E-state index contributed by atoms with van der Waals surface area (Å²) in [7, 11) is 4.01. The lowest BCUT2D eigenvalue weighted by molar-refractivity contribution is 0.261. The Kier molecular flexibility index (Phi) is 6.46. The van der Waals surface area contributed by atoms with Crippen LogP contribution in [0.1, 0.15) is 0 Å². The molecule has 0 aliphatic heterocycles. The van der Waals surface area contributed by atoms with Crippen LogP contribution < -0.4 is 15.8 Å². The number of nitrogen functional groups attached to an aromatic ring is 1. The highest BCUT2D eigenvalue weighted by molar-refractivity contribution is 5.91. The molecule has 8 nitrogen and oxygen atoms in total. The first-order valence-corrected chi connectivity index (χ1v) is 11.5. The summed E-state index contributed by atoms with van der Waals surface area (Å²) in [4.78, 5) is 11.2. The predicted octanol–water partition coefficient (Wildman–Crippen LogP) is 4.86. The van der Waals surface area contributed by atoms with Crippen molar-refractivity contribution in [3.05, 3.63) is 84.9 Å². The quantitative estimate of drug-likeness (QED) is 0.304. The molecule has 0 aliphatic carbocycles. The normalized spacial score (nSPS) is 11.2. The largest absolute Gasteiger partial charge is 0.492 e. The van der Waals surface area contributed by atoms with Gasteiger partial charge in [-0.1, -0.05) is 12.1 Å². The summed E-state index contributed by atoms with van der Waals surface area (Å²) in [5.41, 5.74) is 10.4. The number of benzene rings is 2. The number of ether oxygens (including phenoxy) is 1. The predicted molar refractivity (Wildman–Crippen MR) is 140 cm³/mol. The lowest BCUT2D eigenvalue weighted by atomic mass is 10.0. The number of rotatable bonds is 8. The first kappa shape index (κ1) is 23.3. The number of pyridine rings is 1. The number of nitrogens with two attached hydrogens (primary N) is 1. The maximum Gasteiger partial charge on any atom is 0.227 e. The average Bonchev–Trinajstić information content (AvgIpc) is 3.26. The fraction of sp³-hybridized carbons (Fsp3) is 0.148. The molecule has 36 heavy (non-hydrogen) atoms. The van der Waals surface area contributed by atoms with Crippen molar-refractivity contribution in [1.29, 1.82) is 0 Å². The van der Waals surface area contributed by atoms with E-state index in [1.54, 1.807) is 22.8 Å². The molecule has 182 valence electrons. The number of anilines is 3. The number of nitrogens with zero attached hydrogens (tertiary/aromatic N) is 5. The second-order valence-corrected chi connectivity index (χ2v) is 8.56. The molecule has 0 fully saturated rings. The van der Waals surface area contributed by atoms with E-state index in [1.165, 1.54) is 6.07 Å². The smallest absolute Gasteiger partial charge is 0.227 e. The zero-order chi connectivity index (χ0) is 25.1. The second kappa shape index (κ2) is 10.0. The summed E-state index contributed by atoms with van der Waals surface area (Å²) >= 11 is 0. The SMILES string of the molecule is CN(C)CCOc1cccc(Nc2nccc(-c3c(-c4ccc(F)c(N)c4)nn4ccccc34)n2)c1. The molecule has 2 aromatic carbocycles. The number of halogens is 1. The van der Waals surface area contributed by atoms with Crippen molar-refractivity contribution in [3.8, 4) is 28.3 Å². The van der Waals surface area contributed by atoms with Crippen molar-refractivity contribution >= 4 is 22.8 Å². The van der Waals surface area contributed by atoms with Crippen LogP contribution in [0.2, 0.25) is 0 Å². The van der Waals surface area contributed by atoms with Crippen LogP contribution in [0.15, 0.2) is 79.1 Å². The Hall–Kier alpha value is -4.50. The van der Waals surface area contributed by atoms with Gasteiger partial charge in [0.05, 0.1) is 22.5 Å². The zero-order valence-electron chi connectivity index (χ0n) is 20.0. The minimum atomic E-state index is -0.467. The molecule has 9 heteroatoms. The Morgan fingerprint density at radius 1 is 1.06 bits per heavy atom. The Balaban J connectivity index is 1.49. The molecule has 0 saturated heterocycles. The van der Waals surface area contributed by atoms with Gasteiger partial charge in [-0.05, 0) is 62.6 Å². The minimum Gasteiger partial charge on any atom is -0.492 e. The van der Waals surface area contributed by atoms with Gasteiger partial charge >= 0.3 is 0 Å². The maximum atomic E-state index is 13.8. The Bertz CT molecular complexity index is 1520. The molecule has 5 rings (SSSR count). The van der Waals surface area contributed by atoms with E-state index in [-0.39, 0.29) is 5.69 Å². The third-order valence-electron chi connectivity index (χ3n) is 5.62. The van der Waals surface area contributed by atoms with E-state index in [0.717, 1.165) is 29.1 Å². The third-order valence-corrected chi connectivity index (χ3v) is 5.62. The van der Waals surface area contributed by atoms with Crippen molar-refractivity contribution in [1.82, 2.24) is 24.5 Å². The molecular formula is C27H26FN7O. The van der Waals surface area contributed by atoms with Gasteiger partial charge in [0.1, 0.15) is 23.9 Å². The topological polar surface area (TPSA) is 93.6 Å². The summed E-state index contributed by atoms with van der Waals surface area (Å²) in [5.74, 6) is 0.722. The molecular weight excluding hydrogens is 457 g/mol. The summed E-state index contributed by atoms with van der Waals surface area (Å²) in [6, 6.07) is 19.9. The summed E-state index contributed by atoms with van der Waals surface area (Å²) < 4.78 is 21.5. The van der Waals surface area contributed by atoms with E-state index in [4.69, 9.17) is 20.6 Å². The Morgan fingerprint density at radius 3 is 2.78 bits per heavy atom. The van der Waals surface area contributed by atoms with E-state index >= 15 is 0 Å². The van der Waals surface area contributed by atoms with E-state index in [1.807, 2.05) is 68.8 Å². The van der Waals surface area contributed by atoms with Gasteiger partial charge in [-0.3, -0.25) is 0 Å². The van der Waals surface area contributed by atoms with Crippen LogP contribution >= 0.6 is 0 Å². The highest BCUT2D eigenvalue weighted by Gasteiger charge is 2.19. The zero-order valence-corrected chi connectivity index (χ0v) is 20.0. The van der Waals surface area contributed by atoms with E-state index in [9.17, 15) is 4.39 Å². The van der Waals surface area contributed by atoms with Crippen molar-refractivity contribution in [2.24, 2.45) is 0 Å². The van der Waals surface area contributed by atoms with E-state index in [2.05, 4.69) is 15.2 Å². The average molecular weight is 484 g/mol. The van der Waals surface area contributed by atoms with Crippen LogP contribution in [-0.4, -0.2) is 51.7 Å². The lowest BCUT2D eigenvalue weighted by Gasteiger charge is -2.12. The van der Waals surface area contributed by atoms with Crippen LogP contribution in [0.25, 0.3) is 28.0 Å². The minimum absolute atomic E-state index is 0.0632. The molecule has 0 saturated carbocycles. The number of aromatic nitrogens is 4. The van der Waals surface area contributed by atoms with Gasteiger partial charge in [0.25, 0.3) is 0 Å². The van der Waals surface area contributed by atoms with E-state index in [0.29, 0.717) is 29.5 Å². The molecule has 0 spiro atoms. The molecule has 0 atom stereocenters. The number of hydrogen-bond donors (Lipinski definition) is 2. The first-order chi connectivity index (χ1) is 17.5. The Morgan fingerprint density at radius 2 is 1.94 bits per heavy atom. The van der Waals surface area contributed by atoms with E-state index < -0.39 is 5.82 Å². The lowest BCUT2D eigenvalue weighted by Crippen LogP contribution is -2.19. The standard InChI is InChI=1S/C27H26FN7O/c1-34(2)14-15-36-20-7-5-6-19(17-20)31-27-30-12-11-23(32-27)25-24-8-3-4-13-35(24)33-26(25)18-9-10-21(28)22(29)16-18/h3-13,16-17H,14-15,29H2,1-2H3,(H,30,31,32). The van der Waals surface area contributed by atoms with Gasteiger partial charge in [-0.25, -0.2) is 18.9 Å². The van der Waals surface area contributed by atoms with Crippen molar-refractivity contribution in [3.63, 3.8) is 0 Å². The second-order valence-electron chi connectivity index (χ2n) is 8.56. The first-order valence-electron chi connectivity index (χ1n) is 11.5. The molecule has 0 aliphatic rings. The fourth-order valence-electron chi connectivity index (χ4n) is 3.84. The van der Waals surface area contributed by atoms with Crippen LogP contribution in [0.5, 0.6) is 5.75 Å². The van der Waals surface area contributed by atoms with Gasteiger partial charge in [0.15, 0.2) is 0 Å². The molecule has 0 bridgehead atoms. The number of likely N-dealkylation sites (N-methyl/N-ethyl adjacent to an activating group) is 1. The molecule has 3 N–H and O–H groups in total. The van der Waals surface area contributed by atoms with Crippen molar-refractivity contribution in [2.75, 3.05) is 38.3 Å². The summed E-state index contributed by atoms with van der Waals surface area (Å²) in [6.45, 7) is 1.42. The van der Waals surface area contributed by atoms with Crippen LogP contribution in [0.3, 0.4) is 0 Å². The summed E-state index contributed by atoms with van der Waals surface area (Å²) in [6.07, 6.45) is 3.55. The van der Waals surface area contributed by atoms with Crippen molar-refractivity contribution < 1.29 is 9.13 Å². The van der Waals surface area contributed by atoms with Gasteiger partial charge < -0.3 is 20.7 Å². The van der Waals surface area contributed by atoms with Gasteiger partial charge in [-0.2, -0.15) is 5.10 Å². The summed E-state index contributed by atoms with van der Waals surface area (Å²) in [5, 5.41) is 7.99. The maximum absolute atomic E-state index is 13.8. The molecule has 0 unspecified atom stereocenters. The van der Waals surface area contributed by atoms with Crippen LogP contribution in [-0.2, 0) is 0 Å². The highest BCUT2D eigenvalue weighted by Crippen LogP contribution is 2.35. The van der Waals surface area contributed by atoms with Crippen LogP contribution in [0, 0.1) is 5.82 Å². The van der Waals surface area contributed by atoms with Crippen molar-refractivity contribution in [2.45, 2.75) is 0 Å². The molecule has 3 aromatic heterocycles. The third kappa shape index (κ3) is 4.96. The number of fused-ring (bicyclic) bond motifs is 1.